The zero-order valence-corrected chi connectivity index (χ0v) is 13.1. The van der Waals surface area contributed by atoms with Crippen molar-refractivity contribution in [2.24, 2.45) is 0 Å². The third kappa shape index (κ3) is 3.14. The van der Waals surface area contributed by atoms with Gasteiger partial charge in [0, 0.05) is 24.4 Å². The largest absolute Gasteiger partial charge is 0.497 e. The van der Waals surface area contributed by atoms with Crippen LogP contribution in [0.4, 0.5) is 5.69 Å². The number of anilines is 1. The van der Waals surface area contributed by atoms with E-state index in [1.54, 1.807) is 69.7 Å². The molecule has 0 saturated heterocycles. The molecule has 0 N–H and O–H groups in total. The van der Waals surface area contributed by atoms with Crippen molar-refractivity contribution in [2.45, 2.75) is 0 Å². The number of ether oxygens (including phenoxy) is 3. The van der Waals surface area contributed by atoms with Crippen LogP contribution in [0.3, 0.4) is 0 Å². The maximum Gasteiger partial charge on any atom is 0.258 e. The lowest BCUT2D eigenvalue weighted by Crippen LogP contribution is -2.26. The topological polar surface area (TPSA) is 48.0 Å². The van der Waals surface area contributed by atoms with Crippen molar-refractivity contribution in [1.82, 2.24) is 0 Å². The molecule has 0 saturated carbocycles. The van der Waals surface area contributed by atoms with Gasteiger partial charge in [0.05, 0.1) is 21.3 Å². The Labute approximate surface area is 130 Å². The number of rotatable bonds is 5. The van der Waals surface area contributed by atoms with E-state index in [1.165, 1.54) is 0 Å². The zero-order chi connectivity index (χ0) is 16.1. The van der Waals surface area contributed by atoms with Crippen LogP contribution < -0.4 is 19.1 Å². The third-order valence-corrected chi connectivity index (χ3v) is 3.40. The predicted octanol–water partition coefficient (Wildman–Crippen LogP) is 2.99. The van der Waals surface area contributed by atoms with Crippen molar-refractivity contribution in [2.75, 3.05) is 33.3 Å². The molecule has 0 heterocycles. The summed E-state index contributed by atoms with van der Waals surface area (Å²) in [6.07, 6.45) is 0. The van der Waals surface area contributed by atoms with Crippen molar-refractivity contribution in [3.63, 3.8) is 0 Å². The Balaban J connectivity index is 2.26. The van der Waals surface area contributed by atoms with Gasteiger partial charge < -0.3 is 19.1 Å². The Morgan fingerprint density at radius 1 is 0.864 bits per heavy atom. The van der Waals surface area contributed by atoms with Crippen molar-refractivity contribution in [1.29, 1.82) is 0 Å². The Bertz CT molecular complexity index is 652. The van der Waals surface area contributed by atoms with Crippen molar-refractivity contribution in [3.05, 3.63) is 48.0 Å². The maximum atomic E-state index is 12.5. The molecule has 0 atom stereocenters. The summed E-state index contributed by atoms with van der Waals surface area (Å²) in [7, 11) is 6.44. The van der Waals surface area contributed by atoms with Gasteiger partial charge in [-0.25, -0.2) is 0 Å². The molecule has 0 aliphatic heterocycles. The van der Waals surface area contributed by atoms with Crippen LogP contribution in [-0.2, 0) is 0 Å². The van der Waals surface area contributed by atoms with E-state index in [9.17, 15) is 4.79 Å². The molecule has 0 spiro atoms. The Morgan fingerprint density at radius 3 is 2.05 bits per heavy atom. The summed E-state index contributed by atoms with van der Waals surface area (Å²) in [5, 5.41) is 0. The van der Waals surface area contributed by atoms with Crippen molar-refractivity contribution in [3.8, 4) is 17.2 Å². The lowest BCUT2D eigenvalue weighted by atomic mass is 10.1. The number of carbonyl (C=O) groups is 1. The fourth-order valence-electron chi connectivity index (χ4n) is 2.08. The Morgan fingerprint density at radius 2 is 1.50 bits per heavy atom. The van der Waals surface area contributed by atoms with Crippen LogP contribution >= 0.6 is 0 Å². The minimum Gasteiger partial charge on any atom is -0.497 e. The van der Waals surface area contributed by atoms with E-state index >= 15 is 0 Å². The highest BCUT2D eigenvalue weighted by Crippen LogP contribution is 2.31. The second-order valence-electron chi connectivity index (χ2n) is 4.63. The molecule has 0 bridgehead atoms. The molecule has 2 aromatic carbocycles. The fraction of sp³-hybridized carbons (Fsp3) is 0.235. The summed E-state index contributed by atoms with van der Waals surface area (Å²) >= 11 is 0. The molecule has 5 nitrogen and oxygen atoms in total. The molecule has 0 fully saturated rings. The molecular formula is C17H19NO4. The number of hydrogen-bond donors (Lipinski definition) is 0. The highest BCUT2D eigenvalue weighted by atomic mass is 16.5. The Kier molecular flexibility index (Phi) is 4.88. The van der Waals surface area contributed by atoms with E-state index < -0.39 is 0 Å². The van der Waals surface area contributed by atoms with Gasteiger partial charge in [0.15, 0.2) is 11.5 Å². The first-order valence-electron chi connectivity index (χ1n) is 6.75. The van der Waals surface area contributed by atoms with Gasteiger partial charge in [-0.15, -0.1) is 0 Å². The number of benzene rings is 2. The number of carbonyl (C=O) groups excluding carboxylic acids is 1. The van der Waals surface area contributed by atoms with E-state index in [4.69, 9.17) is 14.2 Å². The first-order chi connectivity index (χ1) is 10.6. The quantitative estimate of drug-likeness (QED) is 0.852. The van der Waals surface area contributed by atoms with Crippen LogP contribution in [0.15, 0.2) is 42.5 Å². The zero-order valence-electron chi connectivity index (χ0n) is 13.1. The van der Waals surface area contributed by atoms with Crippen LogP contribution in [0.5, 0.6) is 17.2 Å². The molecule has 2 rings (SSSR count). The third-order valence-electron chi connectivity index (χ3n) is 3.40. The summed E-state index contributed by atoms with van der Waals surface area (Å²) in [5.74, 6) is 1.80. The molecule has 0 aliphatic carbocycles. The number of methoxy groups -OCH3 is 3. The van der Waals surface area contributed by atoms with E-state index in [1.807, 2.05) is 6.07 Å². The molecule has 116 valence electrons. The second-order valence-corrected chi connectivity index (χ2v) is 4.63. The first kappa shape index (κ1) is 15.7. The first-order valence-corrected chi connectivity index (χ1v) is 6.75. The summed E-state index contributed by atoms with van der Waals surface area (Å²) in [6.45, 7) is 0. The monoisotopic (exact) mass is 301 g/mol. The van der Waals surface area contributed by atoms with Gasteiger partial charge in [0.1, 0.15) is 5.75 Å². The lowest BCUT2D eigenvalue weighted by molar-refractivity contribution is 0.0993. The van der Waals surface area contributed by atoms with Gasteiger partial charge in [-0.05, 0) is 36.4 Å². The number of nitrogens with zero attached hydrogens (tertiary/aromatic N) is 1. The van der Waals surface area contributed by atoms with E-state index in [2.05, 4.69) is 0 Å². The lowest BCUT2D eigenvalue weighted by Gasteiger charge is -2.19. The van der Waals surface area contributed by atoms with Gasteiger partial charge in [-0.2, -0.15) is 0 Å². The van der Waals surface area contributed by atoms with Crippen LogP contribution in [0.25, 0.3) is 0 Å². The van der Waals surface area contributed by atoms with Crippen LogP contribution in [0, 0.1) is 0 Å². The molecular weight excluding hydrogens is 282 g/mol. The Hall–Kier alpha value is -2.69. The molecule has 0 unspecified atom stereocenters. The van der Waals surface area contributed by atoms with Gasteiger partial charge in [-0.1, -0.05) is 0 Å². The highest BCUT2D eigenvalue weighted by molar-refractivity contribution is 6.05. The fourth-order valence-corrected chi connectivity index (χ4v) is 2.08. The second kappa shape index (κ2) is 6.85. The SMILES string of the molecule is COc1ccc(C(=O)N(C)c2ccc(OC)c(OC)c2)cc1. The number of amides is 1. The molecule has 0 aliphatic rings. The molecule has 2 aromatic rings. The van der Waals surface area contributed by atoms with Crippen molar-refractivity contribution < 1.29 is 19.0 Å². The van der Waals surface area contributed by atoms with Crippen LogP contribution in [0.1, 0.15) is 10.4 Å². The summed E-state index contributed by atoms with van der Waals surface area (Å²) in [6, 6.07) is 12.3. The van der Waals surface area contributed by atoms with Crippen LogP contribution in [-0.4, -0.2) is 34.3 Å². The van der Waals surface area contributed by atoms with Gasteiger partial charge in [0.25, 0.3) is 5.91 Å². The molecule has 22 heavy (non-hydrogen) atoms. The summed E-state index contributed by atoms with van der Waals surface area (Å²) in [4.78, 5) is 14.1. The molecule has 0 aromatic heterocycles. The predicted molar refractivity (Wildman–Crippen MR) is 85.3 cm³/mol. The van der Waals surface area contributed by atoms with E-state index in [0.29, 0.717) is 22.8 Å². The van der Waals surface area contributed by atoms with E-state index in [-0.39, 0.29) is 5.91 Å². The van der Waals surface area contributed by atoms with Crippen molar-refractivity contribution >= 4 is 11.6 Å². The highest BCUT2D eigenvalue weighted by Gasteiger charge is 2.15. The van der Waals surface area contributed by atoms with Gasteiger partial charge in [-0.3, -0.25) is 4.79 Å². The molecule has 1 amide bonds. The summed E-state index contributed by atoms with van der Waals surface area (Å²) < 4.78 is 15.6. The van der Waals surface area contributed by atoms with Gasteiger partial charge >= 0.3 is 0 Å². The maximum absolute atomic E-state index is 12.5. The van der Waals surface area contributed by atoms with E-state index in [0.717, 1.165) is 5.69 Å². The summed E-state index contributed by atoms with van der Waals surface area (Å²) in [5.41, 5.74) is 1.30. The molecule has 0 radical (unpaired) electrons. The average Bonchev–Trinajstić information content (AvgIpc) is 2.59. The normalized spacial score (nSPS) is 10.0. The van der Waals surface area contributed by atoms with Gasteiger partial charge in [0.2, 0.25) is 0 Å². The smallest absolute Gasteiger partial charge is 0.258 e. The number of hydrogen-bond acceptors (Lipinski definition) is 4. The minimum absolute atomic E-state index is 0.116. The average molecular weight is 301 g/mol. The minimum atomic E-state index is -0.116. The molecule has 5 heteroatoms. The standard InChI is InChI=1S/C17H19NO4/c1-18(13-7-10-15(21-3)16(11-13)22-4)17(19)12-5-8-14(20-2)9-6-12/h5-11H,1-4H3. The van der Waals surface area contributed by atoms with Crippen LogP contribution in [0.2, 0.25) is 0 Å².